The molecule has 0 saturated heterocycles. The van der Waals surface area contributed by atoms with E-state index < -0.39 is 5.24 Å². The molecule has 0 bridgehead atoms. The minimum Gasteiger partial charge on any atom is -0.658 e. The molecular formula is C15H30KN3O3S2. The standard InChI is InChI=1S/C15H31N3O3S2.K/c1-7-18(6)17-13(20)23-11-15(4,5)9-21-8-14(2,3)10-22-12(16)19;/h7-11H2,1-6H3,(H3,16,17,19,20);/q;+1/p-1. The second kappa shape index (κ2) is 13.4. The molecule has 0 unspecified atom stereocenters. The van der Waals surface area contributed by atoms with Gasteiger partial charge in [0.15, 0.2) is 0 Å². The molecule has 136 valence electrons. The summed E-state index contributed by atoms with van der Waals surface area (Å²) in [6.45, 7) is 11.9. The van der Waals surface area contributed by atoms with Gasteiger partial charge in [0.25, 0.3) is 5.24 Å². The normalized spacial score (nSPS) is 12.0. The maximum atomic E-state index is 11.8. The van der Waals surface area contributed by atoms with Gasteiger partial charge in [-0.1, -0.05) is 46.4 Å². The number of carbonyl (C=O) groups excluding carboxylic acids is 2. The van der Waals surface area contributed by atoms with Crippen LogP contribution in [0.2, 0.25) is 0 Å². The van der Waals surface area contributed by atoms with Crippen molar-refractivity contribution in [3.05, 3.63) is 5.73 Å². The first-order valence-corrected chi connectivity index (χ1v) is 9.55. The number of hydrazine groups is 1. The average molecular weight is 404 g/mol. The van der Waals surface area contributed by atoms with Crippen LogP contribution in [0.4, 0.5) is 9.59 Å². The van der Waals surface area contributed by atoms with Crippen molar-refractivity contribution >= 4 is 34.0 Å². The van der Waals surface area contributed by atoms with E-state index >= 15 is 0 Å². The molecule has 2 amide bonds. The van der Waals surface area contributed by atoms with Crippen LogP contribution in [0.5, 0.6) is 0 Å². The number of nitrogens with zero attached hydrogens (tertiary/aromatic N) is 1. The summed E-state index contributed by atoms with van der Waals surface area (Å²) in [6.07, 6.45) is 0. The van der Waals surface area contributed by atoms with Crippen molar-refractivity contribution in [3.8, 4) is 0 Å². The van der Waals surface area contributed by atoms with Crippen LogP contribution in [-0.4, -0.2) is 53.8 Å². The van der Waals surface area contributed by atoms with Gasteiger partial charge in [-0.25, -0.2) is 5.01 Å². The molecule has 0 aliphatic carbocycles. The Morgan fingerprint density at radius 1 is 1.08 bits per heavy atom. The third-order valence-corrected chi connectivity index (χ3v) is 5.40. The Balaban J connectivity index is 0. The van der Waals surface area contributed by atoms with Crippen LogP contribution >= 0.6 is 23.5 Å². The third kappa shape index (κ3) is 15.5. The summed E-state index contributed by atoms with van der Waals surface area (Å²) >= 11 is 2.26. The monoisotopic (exact) mass is 403 g/mol. The minimum absolute atomic E-state index is 0. The molecule has 0 aliphatic heterocycles. The van der Waals surface area contributed by atoms with Crippen LogP contribution in [0.15, 0.2) is 0 Å². The van der Waals surface area contributed by atoms with Crippen molar-refractivity contribution in [3.63, 3.8) is 0 Å². The van der Waals surface area contributed by atoms with E-state index in [4.69, 9.17) is 10.5 Å². The number of rotatable bonds is 10. The molecule has 0 aromatic heterocycles. The molecule has 0 aliphatic rings. The second-order valence-corrected chi connectivity index (χ2v) is 9.00. The first-order chi connectivity index (χ1) is 10.5. The van der Waals surface area contributed by atoms with E-state index in [-0.39, 0.29) is 67.5 Å². The van der Waals surface area contributed by atoms with Gasteiger partial charge in [-0.3, -0.25) is 10.2 Å². The summed E-state index contributed by atoms with van der Waals surface area (Å²) in [5.74, 6) is 1.23. The van der Waals surface area contributed by atoms with Gasteiger partial charge in [0.05, 0.1) is 13.2 Å². The quantitative estimate of drug-likeness (QED) is 0.437. The van der Waals surface area contributed by atoms with Crippen LogP contribution in [0.1, 0.15) is 34.6 Å². The fraction of sp³-hybridized carbons (Fsp3) is 0.867. The molecule has 0 atom stereocenters. The van der Waals surface area contributed by atoms with Crippen LogP contribution in [-0.2, 0) is 4.74 Å². The van der Waals surface area contributed by atoms with Gasteiger partial charge in [0.2, 0.25) is 0 Å². The molecule has 0 spiro atoms. The zero-order chi connectivity index (χ0) is 18.1. The van der Waals surface area contributed by atoms with Crippen LogP contribution < -0.4 is 56.8 Å². The van der Waals surface area contributed by atoms with Crippen molar-refractivity contribution < 1.29 is 65.7 Å². The molecular weight excluding hydrogens is 373 g/mol. The zero-order valence-corrected chi connectivity index (χ0v) is 20.8. The van der Waals surface area contributed by atoms with Gasteiger partial charge < -0.3 is 15.3 Å². The fourth-order valence-electron chi connectivity index (χ4n) is 1.48. The largest absolute Gasteiger partial charge is 1.00 e. The molecule has 9 heteroatoms. The van der Waals surface area contributed by atoms with E-state index in [2.05, 4.69) is 19.3 Å². The Bertz CT molecular complexity index is 396. The average Bonchev–Trinajstić information content (AvgIpc) is 2.42. The van der Waals surface area contributed by atoms with E-state index in [0.29, 0.717) is 24.7 Å². The van der Waals surface area contributed by atoms with Gasteiger partial charge in [-0.2, -0.15) is 0 Å². The van der Waals surface area contributed by atoms with E-state index in [1.54, 1.807) is 5.01 Å². The predicted molar refractivity (Wildman–Crippen MR) is 99.9 cm³/mol. The molecule has 0 heterocycles. The fourth-order valence-corrected chi connectivity index (χ4v) is 2.91. The first-order valence-electron chi connectivity index (χ1n) is 7.58. The summed E-state index contributed by atoms with van der Waals surface area (Å²) < 4.78 is 5.79. The van der Waals surface area contributed by atoms with Crippen LogP contribution in [0.25, 0.3) is 5.73 Å². The molecule has 0 aromatic rings. The Morgan fingerprint density at radius 3 is 1.96 bits per heavy atom. The SMILES string of the molecule is CCN(C)NC(=O)SCC(C)(C)COCC(C)(C)CSC([NH-])=O.[K+]. The van der Waals surface area contributed by atoms with Crippen molar-refractivity contribution in [2.45, 2.75) is 34.6 Å². The Morgan fingerprint density at radius 2 is 1.54 bits per heavy atom. The summed E-state index contributed by atoms with van der Waals surface area (Å²) in [4.78, 5) is 22.5. The maximum Gasteiger partial charge on any atom is 1.00 e. The van der Waals surface area contributed by atoms with Crippen molar-refractivity contribution in [1.82, 2.24) is 10.4 Å². The van der Waals surface area contributed by atoms with Crippen LogP contribution in [0, 0.1) is 10.8 Å². The number of amides is 2. The first kappa shape index (κ1) is 27.4. The molecule has 0 aromatic carbocycles. The van der Waals surface area contributed by atoms with E-state index in [1.807, 2.05) is 27.8 Å². The van der Waals surface area contributed by atoms with Crippen LogP contribution in [0.3, 0.4) is 0 Å². The van der Waals surface area contributed by atoms with E-state index in [0.717, 1.165) is 18.3 Å². The third-order valence-electron chi connectivity index (χ3n) is 2.93. The van der Waals surface area contributed by atoms with E-state index in [1.165, 1.54) is 11.8 Å². The van der Waals surface area contributed by atoms with Gasteiger partial charge in [-0.15, -0.1) is 11.8 Å². The Kier molecular flexibility index (Phi) is 15.3. The van der Waals surface area contributed by atoms with Gasteiger partial charge in [-0.05, 0) is 10.8 Å². The van der Waals surface area contributed by atoms with Gasteiger partial charge in [0.1, 0.15) is 5.24 Å². The summed E-state index contributed by atoms with van der Waals surface area (Å²) in [7, 11) is 1.83. The number of carbonyl (C=O) groups is 2. The molecule has 0 radical (unpaired) electrons. The summed E-state index contributed by atoms with van der Waals surface area (Å²) in [6, 6.07) is 0. The number of hydrogen-bond donors (Lipinski definition) is 1. The number of ether oxygens (including phenoxy) is 1. The predicted octanol–water partition coefficient (Wildman–Crippen LogP) is 1.27. The zero-order valence-electron chi connectivity index (χ0n) is 16.0. The topological polar surface area (TPSA) is 82.4 Å². The van der Waals surface area contributed by atoms with Gasteiger partial charge >= 0.3 is 51.4 Å². The molecule has 0 saturated carbocycles. The smallest absolute Gasteiger partial charge is 0.658 e. The Labute approximate surface area is 197 Å². The summed E-state index contributed by atoms with van der Waals surface area (Å²) in [5, 5.41) is 1.07. The Hall–Kier alpha value is 1.20. The molecule has 24 heavy (non-hydrogen) atoms. The number of nitrogens with one attached hydrogen (secondary N) is 2. The summed E-state index contributed by atoms with van der Waals surface area (Å²) in [5.41, 5.74) is 9.42. The molecule has 0 rings (SSSR count). The second-order valence-electron chi connectivity index (χ2n) is 7.10. The molecule has 6 nitrogen and oxygen atoms in total. The number of hydrogen-bond acceptors (Lipinski definition) is 6. The van der Waals surface area contributed by atoms with Crippen molar-refractivity contribution in [1.29, 1.82) is 0 Å². The van der Waals surface area contributed by atoms with Crippen molar-refractivity contribution in [2.75, 3.05) is 38.3 Å². The van der Waals surface area contributed by atoms with E-state index in [9.17, 15) is 9.59 Å². The van der Waals surface area contributed by atoms with Crippen molar-refractivity contribution in [2.24, 2.45) is 10.8 Å². The number of thioether (sulfide) groups is 2. The van der Waals surface area contributed by atoms with Gasteiger partial charge in [0, 0.05) is 25.1 Å². The minimum atomic E-state index is -0.613. The molecule has 2 N–H and O–H groups in total. The molecule has 0 fully saturated rings. The maximum absolute atomic E-state index is 11.8.